The molecular weight excluding hydrogens is 397 g/mol. The first kappa shape index (κ1) is 23.7. The summed E-state index contributed by atoms with van der Waals surface area (Å²) in [6, 6.07) is 8.80. The van der Waals surface area contributed by atoms with Gasteiger partial charge in [-0.25, -0.2) is 4.98 Å². The Kier molecular flexibility index (Phi) is 9.02. The Hall–Kier alpha value is -1.54. The monoisotopic (exact) mass is 421 g/mol. The Morgan fingerprint density at radius 3 is 2.69 bits per heavy atom. The predicted octanol–water partition coefficient (Wildman–Crippen LogP) is -0.405. The van der Waals surface area contributed by atoms with Crippen molar-refractivity contribution < 1.29 is 44.3 Å². The molecule has 0 bridgehead atoms. The molecule has 29 heavy (non-hydrogen) atoms. The fraction of sp³-hybridized carbons (Fsp3) is 0.381. The van der Waals surface area contributed by atoms with Crippen LogP contribution < -0.4 is 40.0 Å². The van der Waals surface area contributed by atoms with Gasteiger partial charge in [-0.2, -0.15) is 11.8 Å². The summed E-state index contributed by atoms with van der Waals surface area (Å²) in [7, 11) is 0. The average Bonchev–Trinajstić information content (AvgIpc) is 3.02. The fourth-order valence-corrected chi connectivity index (χ4v) is 3.82. The van der Waals surface area contributed by atoms with Crippen LogP contribution in [0.4, 0.5) is 0 Å². The van der Waals surface area contributed by atoms with E-state index < -0.39 is 17.9 Å². The molecule has 0 aliphatic heterocycles. The molecule has 0 aliphatic carbocycles. The van der Waals surface area contributed by atoms with E-state index in [2.05, 4.69) is 27.9 Å². The predicted molar refractivity (Wildman–Crippen MR) is 111 cm³/mol. The van der Waals surface area contributed by atoms with E-state index in [1.54, 1.807) is 12.3 Å². The second-order valence-corrected chi connectivity index (χ2v) is 7.72. The number of pyridine rings is 1. The zero-order chi connectivity index (χ0) is 20.1. The number of thioether (sulfide) groups is 1. The van der Waals surface area contributed by atoms with Crippen LogP contribution in [0.15, 0.2) is 36.5 Å². The normalized spacial score (nSPS) is 11.9. The summed E-state index contributed by atoms with van der Waals surface area (Å²) in [4.78, 5) is 28.2. The second-order valence-electron chi connectivity index (χ2n) is 6.74. The van der Waals surface area contributed by atoms with E-state index in [0.717, 1.165) is 41.2 Å². The number of fused-ring (bicyclic) bond motifs is 3. The Labute approximate surface area is 196 Å². The minimum absolute atomic E-state index is 0. The van der Waals surface area contributed by atoms with Gasteiger partial charge < -0.3 is 19.8 Å². The standard InChI is InChI=1S/C21H25N3O3S.Na/c1-3-4-10-24-18-8-6-5-7-14(18)15-12-17(22-13-19(15)24)20(25)23-16(21(26)27)9-11-28-2;/h5-8,12-13,16H,3-4,9-11H2,1-2H3,(H,23,25)(H,26,27);/q;+1/p-1/t16-;/m0./s1. The van der Waals surface area contributed by atoms with Gasteiger partial charge in [0.25, 0.3) is 5.91 Å². The number of amides is 1. The number of unbranched alkanes of at least 4 members (excludes halogenated alkanes) is 1. The molecule has 1 amide bonds. The van der Waals surface area contributed by atoms with Crippen LogP contribution in [0.3, 0.4) is 0 Å². The molecule has 6 nitrogen and oxygen atoms in total. The number of benzene rings is 1. The molecule has 0 saturated carbocycles. The van der Waals surface area contributed by atoms with Crippen LogP contribution in [0.2, 0.25) is 0 Å². The quantitative estimate of drug-likeness (QED) is 0.475. The Balaban J connectivity index is 0.00000300. The number of para-hydroxylation sites is 1. The third-order valence-electron chi connectivity index (χ3n) is 4.83. The van der Waals surface area contributed by atoms with Crippen LogP contribution in [0.25, 0.3) is 21.8 Å². The van der Waals surface area contributed by atoms with Gasteiger partial charge in [-0.05, 0) is 37.0 Å². The number of carbonyl (C=O) groups is 2. The van der Waals surface area contributed by atoms with E-state index in [-0.39, 0.29) is 35.3 Å². The number of carbonyl (C=O) groups excluding carboxylic acids is 2. The van der Waals surface area contributed by atoms with E-state index in [4.69, 9.17) is 0 Å². The Bertz CT molecular complexity index is 1010. The topological polar surface area (TPSA) is 87.0 Å². The van der Waals surface area contributed by atoms with Gasteiger partial charge in [0.1, 0.15) is 5.69 Å². The number of rotatable bonds is 9. The molecule has 0 spiro atoms. The first-order valence-electron chi connectivity index (χ1n) is 9.44. The summed E-state index contributed by atoms with van der Waals surface area (Å²) in [5.74, 6) is -1.15. The van der Waals surface area contributed by atoms with Gasteiger partial charge in [0.15, 0.2) is 0 Å². The number of carboxylic acids is 1. The summed E-state index contributed by atoms with van der Waals surface area (Å²) in [6.45, 7) is 3.04. The molecule has 2 aromatic heterocycles. The number of hydrogen-bond acceptors (Lipinski definition) is 5. The maximum Gasteiger partial charge on any atom is 1.00 e. The Morgan fingerprint density at radius 2 is 2.00 bits per heavy atom. The van der Waals surface area contributed by atoms with Crippen molar-refractivity contribution in [2.45, 2.75) is 38.8 Å². The van der Waals surface area contributed by atoms with Crippen LogP contribution in [-0.4, -0.2) is 39.5 Å². The van der Waals surface area contributed by atoms with Crippen molar-refractivity contribution in [3.8, 4) is 0 Å². The zero-order valence-electron chi connectivity index (χ0n) is 17.1. The molecule has 0 unspecified atom stereocenters. The van der Waals surface area contributed by atoms with Gasteiger partial charge in [-0.15, -0.1) is 0 Å². The van der Waals surface area contributed by atoms with Crippen molar-refractivity contribution in [3.63, 3.8) is 0 Å². The van der Waals surface area contributed by atoms with Gasteiger partial charge in [-0.3, -0.25) is 4.79 Å². The van der Waals surface area contributed by atoms with Gasteiger partial charge in [-0.1, -0.05) is 31.5 Å². The van der Waals surface area contributed by atoms with E-state index >= 15 is 0 Å². The SMILES string of the molecule is CCCCn1c2ccccc2c2cc(C(=O)N[C@@H](CCSC)C(=O)[O-])ncc21.[Na+]. The molecule has 8 heteroatoms. The smallest absolute Gasteiger partial charge is 0.548 e. The summed E-state index contributed by atoms with van der Waals surface area (Å²) in [5.41, 5.74) is 2.30. The summed E-state index contributed by atoms with van der Waals surface area (Å²) in [5, 5.41) is 15.8. The molecule has 2 heterocycles. The second kappa shape index (κ2) is 11.0. The summed E-state index contributed by atoms with van der Waals surface area (Å²) < 4.78 is 2.23. The van der Waals surface area contributed by atoms with E-state index in [1.807, 2.05) is 24.5 Å². The molecule has 148 valence electrons. The van der Waals surface area contributed by atoms with Crippen LogP contribution in [0.1, 0.15) is 36.7 Å². The van der Waals surface area contributed by atoms with Gasteiger partial charge >= 0.3 is 29.6 Å². The largest absolute Gasteiger partial charge is 1.00 e. The number of hydrogen-bond donors (Lipinski definition) is 1. The fourth-order valence-electron chi connectivity index (χ4n) is 3.34. The minimum atomic E-state index is -1.28. The number of carboxylic acid groups (broad SMARTS) is 1. The molecule has 0 fully saturated rings. The number of aryl methyl sites for hydroxylation is 1. The van der Waals surface area contributed by atoms with Crippen LogP contribution >= 0.6 is 11.8 Å². The number of nitrogens with zero attached hydrogens (tertiary/aromatic N) is 2. The number of nitrogens with one attached hydrogen (secondary N) is 1. The number of aromatic nitrogens is 2. The molecule has 1 atom stereocenters. The third kappa shape index (κ3) is 5.34. The van der Waals surface area contributed by atoms with E-state index in [1.165, 1.54) is 11.8 Å². The molecule has 3 rings (SSSR count). The van der Waals surface area contributed by atoms with Crippen LogP contribution in [0.5, 0.6) is 0 Å². The van der Waals surface area contributed by atoms with Gasteiger partial charge in [0.05, 0.1) is 23.7 Å². The molecular formula is C21H24N3NaO3S. The Morgan fingerprint density at radius 1 is 1.24 bits per heavy atom. The average molecular weight is 421 g/mol. The molecule has 0 radical (unpaired) electrons. The molecule has 0 aliphatic rings. The van der Waals surface area contributed by atoms with Crippen LogP contribution in [0, 0.1) is 0 Å². The molecule has 0 saturated heterocycles. The van der Waals surface area contributed by atoms with E-state index in [9.17, 15) is 14.7 Å². The van der Waals surface area contributed by atoms with Gasteiger partial charge in [0, 0.05) is 22.8 Å². The molecule has 3 aromatic rings. The third-order valence-corrected chi connectivity index (χ3v) is 5.47. The van der Waals surface area contributed by atoms with Crippen molar-refractivity contribution in [3.05, 3.63) is 42.2 Å². The maximum atomic E-state index is 12.6. The van der Waals surface area contributed by atoms with Crippen LogP contribution in [-0.2, 0) is 11.3 Å². The van der Waals surface area contributed by atoms with Crippen molar-refractivity contribution >= 4 is 45.4 Å². The van der Waals surface area contributed by atoms with Crippen molar-refractivity contribution in [1.29, 1.82) is 0 Å². The summed E-state index contributed by atoms with van der Waals surface area (Å²) >= 11 is 1.52. The van der Waals surface area contributed by atoms with E-state index in [0.29, 0.717) is 12.2 Å². The maximum absolute atomic E-state index is 12.6. The summed E-state index contributed by atoms with van der Waals surface area (Å²) in [6.07, 6.45) is 6.04. The first-order chi connectivity index (χ1) is 13.6. The first-order valence-corrected chi connectivity index (χ1v) is 10.8. The number of aliphatic carboxylic acids is 1. The van der Waals surface area contributed by atoms with Crippen molar-refractivity contribution in [2.24, 2.45) is 0 Å². The van der Waals surface area contributed by atoms with Crippen molar-refractivity contribution in [1.82, 2.24) is 14.9 Å². The minimum Gasteiger partial charge on any atom is -0.548 e. The molecule has 1 aromatic carbocycles. The molecule has 1 N–H and O–H groups in total. The zero-order valence-corrected chi connectivity index (χ0v) is 19.9. The van der Waals surface area contributed by atoms with Gasteiger partial charge in [0.2, 0.25) is 0 Å². The van der Waals surface area contributed by atoms with Crippen molar-refractivity contribution in [2.75, 3.05) is 12.0 Å².